The molecule has 1 aromatic rings. The second-order valence-electron chi connectivity index (χ2n) is 7.09. The van der Waals surface area contributed by atoms with E-state index in [0.29, 0.717) is 29.7 Å². The maximum Gasteiger partial charge on any atom is 0.258 e. The van der Waals surface area contributed by atoms with Crippen LogP contribution in [0.2, 0.25) is 0 Å². The number of benzene rings is 1. The Balaban J connectivity index is 1.95. The molecule has 1 atom stereocenters. The third-order valence-corrected chi connectivity index (χ3v) is 4.13. The maximum atomic E-state index is 12.4. The van der Waals surface area contributed by atoms with Crippen LogP contribution in [-0.2, 0) is 4.79 Å². The number of hydrogen-bond acceptors (Lipinski definition) is 3. The molecule has 0 spiro atoms. The molecule has 2 N–H and O–H groups in total. The van der Waals surface area contributed by atoms with Gasteiger partial charge in [0.2, 0.25) is 0 Å². The number of nitrogens with one attached hydrogen (secondary N) is 2. The molecule has 0 aliphatic heterocycles. The van der Waals surface area contributed by atoms with Gasteiger partial charge in [-0.2, -0.15) is 0 Å². The van der Waals surface area contributed by atoms with Crippen LogP contribution in [0.25, 0.3) is 0 Å². The molecule has 0 bridgehead atoms. The Labute approximate surface area is 144 Å². The number of rotatable bonds is 8. The lowest BCUT2D eigenvalue weighted by molar-refractivity contribution is -0.123. The average molecular weight is 332 g/mol. The van der Waals surface area contributed by atoms with Crippen molar-refractivity contribution in [2.75, 3.05) is 13.2 Å². The molecule has 0 radical (unpaired) electrons. The van der Waals surface area contributed by atoms with Gasteiger partial charge in [0.05, 0.1) is 5.56 Å². The number of carbonyl (C=O) groups is 2. The summed E-state index contributed by atoms with van der Waals surface area (Å²) in [5.74, 6) is 1.09. The number of aryl methyl sites for hydroxylation is 1. The third kappa shape index (κ3) is 5.55. The highest BCUT2D eigenvalue weighted by Crippen LogP contribution is 2.32. The third-order valence-electron chi connectivity index (χ3n) is 4.13. The van der Waals surface area contributed by atoms with Crippen molar-refractivity contribution in [2.24, 2.45) is 11.8 Å². The molecule has 2 amide bonds. The first kappa shape index (κ1) is 18.3. The van der Waals surface area contributed by atoms with E-state index >= 15 is 0 Å². The van der Waals surface area contributed by atoms with Gasteiger partial charge in [0, 0.05) is 12.6 Å². The highest BCUT2D eigenvalue weighted by Gasteiger charge is 2.28. The normalized spacial score (nSPS) is 15.0. The SMILES string of the molecule is Cc1ccc(OCC(=O)NC(C)C2CC2)c(C(=O)NCC(C)C)c1. The van der Waals surface area contributed by atoms with E-state index in [2.05, 4.69) is 10.6 Å². The van der Waals surface area contributed by atoms with Gasteiger partial charge in [-0.3, -0.25) is 9.59 Å². The predicted molar refractivity (Wildman–Crippen MR) is 94.2 cm³/mol. The standard InChI is InChI=1S/C19H28N2O3/c1-12(2)10-20-19(23)16-9-13(3)5-8-17(16)24-11-18(22)21-14(4)15-6-7-15/h5,8-9,12,14-15H,6-7,10-11H2,1-4H3,(H,20,23)(H,21,22). The molecule has 2 rings (SSSR count). The van der Waals surface area contributed by atoms with Crippen LogP contribution in [-0.4, -0.2) is 31.0 Å². The summed E-state index contributed by atoms with van der Waals surface area (Å²) in [6.45, 7) is 8.55. The summed E-state index contributed by atoms with van der Waals surface area (Å²) < 4.78 is 5.61. The van der Waals surface area contributed by atoms with Gasteiger partial charge in [-0.1, -0.05) is 25.5 Å². The van der Waals surface area contributed by atoms with Gasteiger partial charge in [0.15, 0.2) is 6.61 Å². The molecule has 0 heterocycles. The van der Waals surface area contributed by atoms with Crippen molar-refractivity contribution < 1.29 is 14.3 Å². The summed E-state index contributed by atoms with van der Waals surface area (Å²) in [5, 5.41) is 5.84. The second kappa shape index (κ2) is 8.18. The molecule has 1 aliphatic carbocycles. The van der Waals surface area contributed by atoms with Crippen molar-refractivity contribution in [1.82, 2.24) is 10.6 Å². The Morgan fingerprint density at radius 1 is 1.25 bits per heavy atom. The lowest BCUT2D eigenvalue weighted by Crippen LogP contribution is -2.37. The Bertz CT molecular complexity index is 594. The van der Waals surface area contributed by atoms with Gasteiger partial charge in [-0.25, -0.2) is 0 Å². The van der Waals surface area contributed by atoms with Crippen LogP contribution in [0.15, 0.2) is 18.2 Å². The van der Waals surface area contributed by atoms with Crippen molar-refractivity contribution in [1.29, 1.82) is 0 Å². The van der Waals surface area contributed by atoms with Crippen LogP contribution in [0, 0.1) is 18.8 Å². The molecule has 1 aliphatic rings. The van der Waals surface area contributed by atoms with Gasteiger partial charge in [0.1, 0.15) is 5.75 Å². The number of amides is 2. The summed E-state index contributed by atoms with van der Waals surface area (Å²) >= 11 is 0. The smallest absolute Gasteiger partial charge is 0.258 e. The average Bonchev–Trinajstić information content (AvgIpc) is 3.36. The molecule has 1 saturated carbocycles. The van der Waals surface area contributed by atoms with E-state index in [0.717, 1.165) is 5.56 Å². The van der Waals surface area contributed by atoms with Crippen molar-refractivity contribution >= 4 is 11.8 Å². The van der Waals surface area contributed by atoms with E-state index in [-0.39, 0.29) is 24.5 Å². The summed E-state index contributed by atoms with van der Waals surface area (Å²) in [5.41, 5.74) is 1.45. The number of hydrogen-bond donors (Lipinski definition) is 2. The van der Waals surface area contributed by atoms with Crippen LogP contribution in [0.5, 0.6) is 5.75 Å². The Morgan fingerprint density at radius 2 is 1.96 bits per heavy atom. The minimum Gasteiger partial charge on any atom is -0.483 e. The van der Waals surface area contributed by atoms with Gasteiger partial charge in [-0.15, -0.1) is 0 Å². The van der Waals surface area contributed by atoms with E-state index in [1.807, 2.05) is 33.8 Å². The van der Waals surface area contributed by atoms with Gasteiger partial charge in [0.25, 0.3) is 11.8 Å². The molecule has 0 saturated heterocycles. The fourth-order valence-corrected chi connectivity index (χ4v) is 2.49. The summed E-state index contributed by atoms with van der Waals surface area (Å²) in [6, 6.07) is 5.60. The van der Waals surface area contributed by atoms with E-state index in [9.17, 15) is 9.59 Å². The van der Waals surface area contributed by atoms with Gasteiger partial charge in [-0.05, 0) is 50.7 Å². The Kier molecular flexibility index (Phi) is 6.23. The highest BCUT2D eigenvalue weighted by atomic mass is 16.5. The van der Waals surface area contributed by atoms with Crippen molar-refractivity contribution in [3.8, 4) is 5.75 Å². The molecule has 5 heteroatoms. The van der Waals surface area contributed by atoms with Crippen molar-refractivity contribution in [3.05, 3.63) is 29.3 Å². The monoisotopic (exact) mass is 332 g/mol. The minimum absolute atomic E-state index is 0.0788. The lowest BCUT2D eigenvalue weighted by atomic mass is 10.1. The van der Waals surface area contributed by atoms with E-state index in [4.69, 9.17) is 4.74 Å². The van der Waals surface area contributed by atoms with Crippen molar-refractivity contribution in [3.63, 3.8) is 0 Å². The summed E-state index contributed by atoms with van der Waals surface area (Å²) in [6.07, 6.45) is 2.36. The van der Waals surface area contributed by atoms with Crippen LogP contribution in [0.1, 0.15) is 49.5 Å². The summed E-state index contributed by atoms with van der Waals surface area (Å²) in [7, 11) is 0. The minimum atomic E-state index is -0.172. The van der Waals surface area contributed by atoms with E-state index < -0.39 is 0 Å². The van der Waals surface area contributed by atoms with E-state index in [1.165, 1.54) is 12.8 Å². The first-order valence-electron chi connectivity index (χ1n) is 8.67. The Morgan fingerprint density at radius 3 is 2.58 bits per heavy atom. The molecule has 24 heavy (non-hydrogen) atoms. The molecule has 1 fully saturated rings. The van der Waals surface area contributed by atoms with Crippen LogP contribution in [0.4, 0.5) is 0 Å². The molecular formula is C19H28N2O3. The van der Waals surface area contributed by atoms with Crippen LogP contribution >= 0.6 is 0 Å². The molecular weight excluding hydrogens is 304 g/mol. The molecule has 1 unspecified atom stereocenters. The zero-order valence-electron chi connectivity index (χ0n) is 15.0. The zero-order valence-corrected chi connectivity index (χ0v) is 15.0. The Hall–Kier alpha value is -2.04. The molecule has 5 nitrogen and oxygen atoms in total. The van der Waals surface area contributed by atoms with Gasteiger partial charge < -0.3 is 15.4 Å². The first-order chi connectivity index (χ1) is 11.4. The van der Waals surface area contributed by atoms with Crippen LogP contribution < -0.4 is 15.4 Å². The fraction of sp³-hybridized carbons (Fsp3) is 0.579. The lowest BCUT2D eigenvalue weighted by Gasteiger charge is -2.15. The van der Waals surface area contributed by atoms with Crippen LogP contribution in [0.3, 0.4) is 0 Å². The summed E-state index contributed by atoms with van der Waals surface area (Å²) in [4.78, 5) is 24.3. The predicted octanol–water partition coefficient (Wildman–Crippen LogP) is 2.67. The largest absolute Gasteiger partial charge is 0.483 e. The second-order valence-corrected chi connectivity index (χ2v) is 7.09. The first-order valence-corrected chi connectivity index (χ1v) is 8.67. The van der Waals surface area contributed by atoms with Gasteiger partial charge >= 0.3 is 0 Å². The zero-order chi connectivity index (χ0) is 17.7. The molecule has 0 aromatic heterocycles. The topological polar surface area (TPSA) is 67.4 Å². The fourth-order valence-electron chi connectivity index (χ4n) is 2.49. The quantitative estimate of drug-likeness (QED) is 0.769. The maximum absolute atomic E-state index is 12.4. The number of carbonyl (C=O) groups excluding carboxylic acids is 2. The molecule has 132 valence electrons. The van der Waals surface area contributed by atoms with Crippen molar-refractivity contribution in [2.45, 2.75) is 46.6 Å². The van der Waals surface area contributed by atoms with E-state index in [1.54, 1.807) is 12.1 Å². The highest BCUT2D eigenvalue weighted by molar-refractivity contribution is 5.97. The molecule has 1 aromatic carbocycles. The number of ether oxygens (including phenoxy) is 1.